The first kappa shape index (κ1) is 10.6. The Bertz CT molecular complexity index is 420. The standard InChI is InChI=1S/C11H14N4O/c12-14-13-8-9-7-10(3-4-11(9)16)15-5-1-2-6-15/h3-4,7,16H,1-2,5-6,8H2. The van der Waals surface area contributed by atoms with Crippen LogP contribution >= 0.6 is 0 Å². The van der Waals surface area contributed by atoms with E-state index in [4.69, 9.17) is 5.53 Å². The normalized spacial score (nSPS) is 14.9. The van der Waals surface area contributed by atoms with Crippen LogP contribution in [0.1, 0.15) is 18.4 Å². The number of benzene rings is 1. The van der Waals surface area contributed by atoms with Gasteiger partial charge in [0.2, 0.25) is 0 Å². The summed E-state index contributed by atoms with van der Waals surface area (Å²) in [4.78, 5) is 4.98. The Kier molecular flexibility index (Phi) is 3.17. The molecule has 0 saturated carbocycles. The van der Waals surface area contributed by atoms with Crippen LogP contribution in [0.5, 0.6) is 5.75 Å². The number of azide groups is 1. The minimum Gasteiger partial charge on any atom is -0.508 e. The van der Waals surface area contributed by atoms with E-state index in [-0.39, 0.29) is 12.3 Å². The summed E-state index contributed by atoms with van der Waals surface area (Å²) in [7, 11) is 0. The third-order valence-corrected chi connectivity index (χ3v) is 2.84. The van der Waals surface area contributed by atoms with E-state index in [0.29, 0.717) is 5.56 Å². The molecule has 5 heteroatoms. The van der Waals surface area contributed by atoms with Gasteiger partial charge in [-0.25, -0.2) is 0 Å². The van der Waals surface area contributed by atoms with E-state index in [2.05, 4.69) is 14.9 Å². The van der Waals surface area contributed by atoms with Crippen LogP contribution in [0.15, 0.2) is 23.3 Å². The van der Waals surface area contributed by atoms with Crippen LogP contribution in [0.25, 0.3) is 10.4 Å². The maximum atomic E-state index is 9.60. The number of phenols is 1. The highest BCUT2D eigenvalue weighted by Gasteiger charge is 2.13. The van der Waals surface area contributed by atoms with Gasteiger partial charge in [0.05, 0.1) is 6.54 Å². The number of aromatic hydroxyl groups is 1. The van der Waals surface area contributed by atoms with Crippen LogP contribution in [0.4, 0.5) is 5.69 Å². The zero-order valence-corrected chi connectivity index (χ0v) is 9.00. The summed E-state index contributed by atoms with van der Waals surface area (Å²) in [6.45, 7) is 2.32. The average Bonchev–Trinajstić information content (AvgIpc) is 2.81. The molecule has 5 nitrogen and oxygen atoms in total. The molecule has 0 radical (unpaired) electrons. The van der Waals surface area contributed by atoms with Crippen LogP contribution < -0.4 is 4.90 Å². The summed E-state index contributed by atoms with van der Waals surface area (Å²) < 4.78 is 0. The molecule has 0 unspecified atom stereocenters. The molecular formula is C11H14N4O. The van der Waals surface area contributed by atoms with Crippen molar-refractivity contribution in [3.63, 3.8) is 0 Å². The smallest absolute Gasteiger partial charge is 0.119 e. The molecule has 1 N–H and O–H groups in total. The van der Waals surface area contributed by atoms with Gasteiger partial charge < -0.3 is 10.0 Å². The third kappa shape index (κ3) is 2.20. The first-order chi connectivity index (χ1) is 7.81. The molecule has 0 atom stereocenters. The minimum atomic E-state index is 0.190. The fourth-order valence-electron chi connectivity index (χ4n) is 1.98. The zero-order chi connectivity index (χ0) is 11.4. The van der Waals surface area contributed by atoms with E-state index in [0.717, 1.165) is 18.8 Å². The topological polar surface area (TPSA) is 72.2 Å². The number of anilines is 1. The number of nitrogens with zero attached hydrogens (tertiary/aromatic N) is 4. The number of hydrogen-bond donors (Lipinski definition) is 1. The summed E-state index contributed by atoms with van der Waals surface area (Å²) in [6, 6.07) is 5.46. The summed E-state index contributed by atoms with van der Waals surface area (Å²) in [5, 5.41) is 13.1. The monoisotopic (exact) mass is 218 g/mol. The van der Waals surface area contributed by atoms with Crippen molar-refractivity contribution in [3.8, 4) is 5.75 Å². The predicted octanol–water partition coefficient (Wildman–Crippen LogP) is 2.80. The van der Waals surface area contributed by atoms with Crippen LogP contribution in [-0.2, 0) is 6.54 Å². The van der Waals surface area contributed by atoms with Gasteiger partial charge in [-0.15, -0.1) is 0 Å². The van der Waals surface area contributed by atoms with Crippen LogP contribution in [-0.4, -0.2) is 18.2 Å². The van der Waals surface area contributed by atoms with Gasteiger partial charge in [-0.3, -0.25) is 0 Å². The van der Waals surface area contributed by atoms with E-state index in [1.807, 2.05) is 12.1 Å². The highest BCUT2D eigenvalue weighted by molar-refractivity contribution is 5.53. The molecule has 0 bridgehead atoms. The van der Waals surface area contributed by atoms with Crippen LogP contribution in [0, 0.1) is 0 Å². The van der Waals surface area contributed by atoms with Crippen LogP contribution in [0.3, 0.4) is 0 Å². The van der Waals surface area contributed by atoms with Gasteiger partial charge in [-0.1, -0.05) is 5.11 Å². The molecule has 1 fully saturated rings. The van der Waals surface area contributed by atoms with Gasteiger partial charge in [-0.05, 0) is 36.6 Å². The van der Waals surface area contributed by atoms with Crippen molar-refractivity contribution >= 4 is 5.69 Å². The van der Waals surface area contributed by atoms with Crippen molar-refractivity contribution in [2.75, 3.05) is 18.0 Å². The van der Waals surface area contributed by atoms with Crippen molar-refractivity contribution in [2.24, 2.45) is 5.11 Å². The Morgan fingerprint density at radius 3 is 2.81 bits per heavy atom. The van der Waals surface area contributed by atoms with E-state index in [9.17, 15) is 5.11 Å². The minimum absolute atomic E-state index is 0.190. The van der Waals surface area contributed by atoms with Gasteiger partial charge in [-0.2, -0.15) is 0 Å². The quantitative estimate of drug-likeness (QED) is 0.481. The van der Waals surface area contributed by atoms with Gasteiger partial charge in [0.1, 0.15) is 5.75 Å². The lowest BCUT2D eigenvalue weighted by molar-refractivity contribution is 0.468. The Hall–Kier alpha value is -1.87. The molecule has 84 valence electrons. The van der Waals surface area contributed by atoms with E-state index < -0.39 is 0 Å². The summed E-state index contributed by atoms with van der Waals surface area (Å²) >= 11 is 0. The Morgan fingerprint density at radius 1 is 1.38 bits per heavy atom. The molecule has 1 saturated heterocycles. The van der Waals surface area contributed by atoms with Gasteiger partial charge in [0.25, 0.3) is 0 Å². The second kappa shape index (κ2) is 4.77. The fraction of sp³-hybridized carbons (Fsp3) is 0.455. The molecule has 1 aliphatic rings. The molecule has 2 rings (SSSR count). The first-order valence-corrected chi connectivity index (χ1v) is 5.39. The Morgan fingerprint density at radius 2 is 2.12 bits per heavy atom. The van der Waals surface area contributed by atoms with Crippen molar-refractivity contribution in [1.82, 2.24) is 0 Å². The molecule has 0 amide bonds. The second-order valence-corrected chi connectivity index (χ2v) is 3.90. The largest absolute Gasteiger partial charge is 0.508 e. The van der Waals surface area contributed by atoms with Gasteiger partial charge in [0.15, 0.2) is 0 Å². The number of rotatable bonds is 3. The number of hydrogen-bond acceptors (Lipinski definition) is 3. The molecule has 1 aromatic carbocycles. The third-order valence-electron chi connectivity index (χ3n) is 2.84. The Labute approximate surface area is 93.9 Å². The van der Waals surface area contributed by atoms with E-state index >= 15 is 0 Å². The van der Waals surface area contributed by atoms with Gasteiger partial charge >= 0.3 is 0 Å². The summed E-state index contributed by atoms with van der Waals surface area (Å²) in [5.41, 5.74) is 10.0. The molecule has 0 spiro atoms. The maximum Gasteiger partial charge on any atom is 0.119 e. The highest BCUT2D eigenvalue weighted by atomic mass is 16.3. The molecule has 1 heterocycles. The lowest BCUT2D eigenvalue weighted by atomic mass is 10.1. The molecule has 0 aromatic heterocycles. The van der Waals surface area contributed by atoms with Gasteiger partial charge in [0, 0.05) is 29.3 Å². The Balaban J connectivity index is 2.23. The number of phenolic OH excluding ortho intramolecular Hbond substituents is 1. The molecule has 16 heavy (non-hydrogen) atoms. The maximum absolute atomic E-state index is 9.60. The molecule has 0 aliphatic carbocycles. The highest BCUT2D eigenvalue weighted by Crippen LogP contribution is 2.27. The predicted molar refractivity (Wildman–Crippen MR) is 62.4 cm³/mol. The van der Waals surface area contributed by atoms with Crippen LogP contribution in [0.2, 0.25) is 0 Å². The molecule has 1 aliphatic heterocycles. The SMILES string of the molecule is [N-]=[N+]=NCc1cc(N2CCCC2)ccc1O. The lowest BCUT2D eigenvalue weighted by Crippen LogP contribution is -2.17. The zero-order valence-electron chi connectivity index (χ0n) is 9.00. The molecular weight excluding hydrogens is 204 g/mol. The summed E-state index contributed by atoms with van der Waals surface area (Å²) in [5.74, 6) is 0.190. The van der Waals surface area contributed by atoms with Crippen molar-refractivity contribution in [2.45, 2.75) is 19.4 Å². The molecule has 1 aromatic rings. The van der Waals surface area contributed by atoms with E-state index in [1.165, 1.54) is 12.8 Å². The van der Waals surface area contributed by atoms with E-state index in [1.54, 1.807) is 6.07 Å². The van der Waals surface area contributed by atoms with Crippen molar-refractivity contribution in [1.29, 1.82) is 0 Å². The lowest BCUT2D eigenvalue weighted by Gasteiger charge is -2.18. The first-order valence-electron chi connectivity index (χ1n) is 5.39. The fourth-order valence-corrected chi connectivity index (χ4v) is 1.98. The van der Waals surface area contributed by atoms with Crippen molar-refractivity contribution < 1.29 is 5.11 Å². The second-order valence-electron chi connectivity index (χ2n) is 3.90. The average molecular weight is 218 g/mol. The summed E-state index contributed by atoms with van der Waals surface area (Å²) in [6.07, 6.45) is 2.43. The van der Waals surface area contributed by atoms with Crippen molar-refractivity contribution in [3.05, 3.63) is 34.2 Å².